The van der Waals surface area contributed by atoms with E-state index in [9.17, 15) is 18.3 Å². The van der Waals surface area contributed by atoms with Crippen molar-refractivity contribution in [1.29, 1.82) is 0 Å². The van der Waals surface area contributed by atoms with Crippen LogP contribution < -0.4 is 10.3 Å². The van der Waals surface area contributed by atoms with Crippen molar-refractivity contribution in [3.63, 3.8) is 0 Å². The molecule has 11 nitrogen and oxygen atoms in total. The number of unbranched alkanes of at least 4 members (excludes halogenated alkanes) is 4. The van der Waals surface area contributed by atoms with Crippen LogP contribution in [0.15, 0.2) is 27.9 Å². The van der Waals surface area contributed by atoms with Crippen molar-refractivity contribution in [3.05, 3.63) is 40.1 Å². The summed E-state index contributed by atoms with van der Waals surface area (Å²) in [5, 5.41) is 13.9. The summed E-state index contributed by atoms with van der Waals surface area (Å²) in [6.45, 7) is 8.53. The van der Waals surface area contributed by atoms with Crippen molar-refractivity contribution in [2.45, 2.75) is 64.2 Å². The molecule has 0 amide bonds. The number of benzene rings is 1. The van der Waals surface area contributed by atoms with Gasteiger partial charge in [0.2, 0.25) is 10.0 Å². The Bertz CT molecular complexity index is 1430. The highest BCUT2D eigenvalue weighted by atomic mass is 32.2. The minimum atomic E-state index is -3.79. The minimum Gasteiger partial charge on any atom is -0.493 e. The van der Waals surface area contributed by atoms with E-state index in [1.165, 1.54) is 29.3 Å². The SMILES string of the molecule is CCCCCCCc1nc(C)c2c(=O)[nH]c(-c3cc(S(=O)(=O)N4CCN(CCO)CC4)ccc3OCC)nn12. The summed E-state index contributed by atoms with van der Waals surface area (Å²) in [4.78, 5) is 22.8. The van der Waals surface area contributed by atoms with Gasteiger partial charge in [0.15, 0.2) is 11.3 Å². The molecule has 2 aromatic heterocycles. The number of sulfonamides is 1. The van der Waals surface area contributed by atoms with Gasteiger partial charge in [-0.05, 0) is 38.5 Å². The summed E-state index contributed by atoms with van der Waals surface area (Å²) in [5.74, 6) is 1.38. The third-order valence-corrected chi connectivity index (χ3v) is 9.03. The average Bonchev–Trinajstić information content (AvgIpc) is 3.25. The van der Waals surface area contributed by atoms with Crippen molar-refractivity contribution in [1.82, 2.24) is 28.8 Å². The van der Waals surface area contributed by atoms with Crippen LogP contribution in [0.2, 0.25) is 0 Å². The number of piperazine rings is 1. The number of aliphatic hydroxyl groups excluding tert-OH is 1. The number of aromatic amines is 1. The van der Waals surface area contributed by atoms with E-state index in [4.69, 9.17) is 9.84 Å². The van der Waals surface area contributed by atoms with Crippen molar-refractivity contribution < 1.29 is 18.3 Å². The Balaban J connectivity index is 1.70. The van der Waals surface area contributed by atoms with E-state index in [0.29, 0.717) is 74.1 Å². The molecule has 1 aliphatic heterocycles. The van der Waals surface area contributed by atoms with Crippen LogP contribution in [0.5, 0.6) is 5.75 Å². The highest BCUT2D eigenvalue weighted by molar-refractivity contribution is 7.89. The molecule has 0 atom stereocenters. The first kappa shape index (κ1) is 29.2. The Morgan fingerprint density at radius 2 is 1.82 bits per heavy atom. The molecular formula is C27H40N6O5S. The molecule has 0 aliphatic carbocycles. The monoisotopic (exact) mass is 560 g/mol. The third-order valence-electron chi connectivity index (χ3n) is 7.14. The molecule has 0 saturated carbocycles. The predicted octanol–water partition coefficient (Wildman–Crippen LogP) is 2.60. The minimum absolute atomic E-state index is 0.0432. The summed E-state index contributed by atoms with van der Waals surface area (Å²) in [7, 11) is -3.79. The molecule has 1 saturated heterocycles. The molecule has 1 aromatic carbocycles. The fraction of sp³-hybridized carbons (Fsp3) is 0.593. The lowest BCUT2D eigenvalue weighted by Gasteiger charge is -2.33. The molecule has 1 aliphatic rings. The number of fused-ring (bicyclic) bond motifs is 1. The second-order valence-corrected chi connectivity index (χ2v) is 11.8. The van der Waals surface area contributed by atoms with E-state index < -0.39 is 10.0 Å². The van der Waals surface area contributed by atoms with Crippen molar-refractivity contribution in [2.24, 2.45) is 0 Å². The first-order valence-corrected chi connectivity index (χ1v) is 15.3. The first-order chi connectivity index (χ1) is 18.8. The zero-order chi connectivity index (χ0) is 28.0. The smallest absolute Gasteiger partial charge is 0.277 e. The summed E-state index contributed by atoms with van der Waals surface area (Å²) in [5.41, 5.74) is 1.07. The molecule has 214 valence electrons. The number of rotatable bonds is 13. The number of imidazole rings is 1. The number of hydrogen-bond donors (Lipinski definition) is 2. The zero-order valence-corrected chi connectivity index (χ0v) is 24.0. The fourth-order valence-corrected chi connectivity index (χ4v) is 6.47. The van der Waals surface area contributed by atoms with Gasteiger partial charge in [-0.15, -0.1) is 5.10 Å². The van der Waals surface area contributed by atoms with Crippen LogP contribution in [-0.2, 0) is 16.4 Å². The van der Waals surface area contributed by atoms with E-state index in [1.807, 2.05) is 11.8 Å². The Morgan fingerprint density at radius 1 is 1.08 bits per heavy atom. The Morgan fingerprint density at radius 3 is 2.51 bits per heavy atom. The average molecular weight is 561 g/mol. The molecule has 3 aromatic rings. The van der Waals surface area contributed by atoms with Crippen LogP contribution in [0.25, 0.3) is 16.9 Å². The number of ether oxygens (including phenoxy) is 1. The van der Waals surface area contributed by atoms with Crippen LogP contribution in [0.3, 0.4) is 0 Å². The van der Waals surface area contributed by atoms with Gasteiger partial charge in [-0.25, -0.2) is 17.9 Å². The highest BCUT2D eigenvalue weighted by Crippen LogP contribution is 2.31. The van der Waals surface area contributed by atoms with Gasteiger partial charge in [-0.2, -0.15) is 4.31 Å². The van der Waals surface area contributed by atoms with E-state index >= 15 is 0 Å². The van der Waals surface area contributed by atoms with E-state index in [-0.39, 0.29) is 22.9 Å². The van der Waals surface area contributed by atoms with E-state index in [1.54, 1.807) is 17.5 Å². The molecule has 1 fully saturated rings. The normalized spacial score (nSPS) is 15.3. The lowest BCUT2D eigenvalue weighted by molar-refractivity contribution is 0.151. The maximum absolute atomic E-state index is 13.5. The van der Waals surface area contributed by atoms with E-state index in [0.717, 1.165) is 19.3 Å². The quantitative estimate of drug-likeness (QED) is 0.305. The lowest BCUT2D eigenvalue weighted by Crippen LogP contribution is -2.49. The van der Waals surface area contributed by atoms with Crippen LogP contribution >= 0.6 is 0 Å². The maximum atomic E-state index is 13.5. The van der Waals surface area contributed by atoms with Crippen LogP contribution in [0.4, 0.5) is 0 Å². The van der Waals surface area contributed by atoms with Gasteiger partial charge >= 0.3 is 0 Å². The Kier molecular flexibility index (Phi) is 9.76. The fourth-order valence-electron chi connectivity index (χ4n) is 5.03. The van der Waals surface area contributed by atoms with Crippen LogP contribution in [0.1, 0.15) is 57.5 Å². The highest BCUT2D eigenvalue weighted by Gasteiger charge is 2.29. The summed E-state index contributed by atoms with van der Waals surface area (Å²) < 4.78 is 35.9. The molecule has 0 bridgehead atoms. The van der Waals surface area contributed by atoms with Crippen LogP contribution in [-0.4, -0.2) is 88.2 Å². The zero-order valence-electron chi connectivity index (χ0n) is 23.1. The molecular weight excluding hydrogens is 520 g/mol. The number of nitrogens with one attached hydrogen (secondary N) is 1. The second-order valence-electron chi connectivity index (χ2n) is 9.90. The molecule has 12 heteroatoms. The number of β-amino-alcohol motifs (C(OH)–C–C–N with tert-alkyl or cyclic N) is 1. The van der Waals surface area contributed by atoms with Crippen molar-refractivity contribution in [3.8, 4) is 17.1 Å². The molecule has 2 N–H and O–H groups in total. The van der Waals surface area contributed by atoms with Crippen molar-refractivity contribution >= 4 is 15.5 Å². The maximum Gasteiger partial charge on any atom is 0.277 e. The lowest BCUT2D eigenvalue weighted by atomic mass is 10.1. The first-order valence-electron chi connectivity index (χ1n) is 13.9. The Labute approximate surface area is 229 Å². The molecule has 0 spiro atoms. The summed E-state index contributed by atoms with van der Waals surface area (Å²) in [6, 6.07) is 4.67. The number of aryl methyl sites for hydroxylation is 2. The predicted molar refractivity (Wildman–Crippen MR) is 150 cm³/mol. The number of aliphatic hydroxyl groups is 1. The molecule has 39 heavy (non-hydrogen) atoms. The molecule has 4 rings (SSSR count). The third kappa shape index (κ3) is 6.51. The largest absolute Gasteiger partial charge is 0.493 e. The number of aromatic nitrogens is 4. The van der Waals surface area contributed by atoms with Crippen LogP contribution in [0, 0.1) is 6.92 Å². The van der Waals surface area contributed by atoms with Gasteiger partial charge < -0.3 is 14.8 Å². The molecule has 3 heterocycles. The molecule has 0 radical (unpaired) electrons. The number of H-pyrrole nitrogens is 1. The Hall–Kier alpha value is -2.80. The van der Waals surface area contributed by atoms with Gasteiger partial charge in [-0.1, -0.05) is 32.6 Å². The summed E-state index contributed by atoms with van der Waals surface area (Å²) in [6.07, 6.45) is 6.26. The van der Waals surface area contributed by atoms with Gasteiger partial charge in [0.1, 0.15) is 11.6 Å². The second kappa shape index (κ2) is 13.0. The van der Waals surface area contributed by atoms with Gasteiger partial charge in [-0.3, -0.25) is 9.69 Å². The van der Waals surface area contributed by atoms with E-state index in [2.05, 4.69) is 16.9 Å². The molecule has 0 unspecified atom stereocenters. The van der Waals surface area contributed by atoms with Crippen molar-refractivity contribution in [2.75, 3.05) is 45.9 Å². The number of hydrogen-bond acceptors (Lipinski definition) is 8. The number of nitrogens with zero attached hydrogens (tertiary/aromatic N) is 5. The topological polar surface area (TPSA) is 133 Å². The standard InChI is InChI=1S/C27H40N6O5S/c1-4-6-7-8-9-10-24-28-20(3)25-27(35)29-26(30-33(24)25)22-19-21(11-12-23(22)38-5-2)39(36,37)32-15-13-31(14-16-32)17-18-34/h11-12,19,34H,4-10,13-18H2,1-3H3,(H,29,30,35). The van der Waals surface area contributed by atoms with Gasteiger partial charge in [0.05, 0.1) is 29.4 Å². The van der Waals surface area contributed by atoms with Gasteiger partial charge in [0, 0.05) is 39.1 Å². The summed E-state index contributed by atoms with van der Waals surface area (Å²) >= 11 is 0. The van der Waals surface area contributed by atoms with Gasteiger partial charge in [0.25, 0.3) is 5.56 Å².